The second-order valence-electron chi connectivity index (χ2n) is 5.18. The third-order valence-electron chi connectivity index (χ3n) is 4.33. The molecule has 2 saturated heterocycles. The van der Waals surface area contributed by atoms with E-state index in [0.717, 1.165) is 44.2 Å². The lowest BCUT2D eigenvalue weighted by molar-refractivity contribution is 0.0165. The molecule has 17 heavy (non-hydrogen) atoms. The Morgan fingerprint density at radius 2 is 2.00 bits per heavy atom. The van der Waals surface area contributed by atoms with Gasteiger partial charge in [-0.25, -0.2) is 0 Å². The molecule has 0 bridgehead atoms. The molecule has 3 heteroatoms. The molecule has 1 atom stereocenters. The molecular formula is C14H18ClNO. The molecule has 1 aromatic rings. The van der Waals surface area contributed by atoms with Crippen LogP contribution in [0.15, 0.2) is 24.3 Å². The van der Waals surface area contributed by atoms with E-state index in [4.69, 9.17) is 16.3 Å². The van der Waals surface area contributed by atoms with Crippen LogP contribution in [0.3, 0.4) is 0 Å². The summed E-state index contributed by atoms with van der Waals surface area (Å²) >= 11 is 6.35. The topological polar surface area (TPSA) is 21.3 Å². The average molecular weight is 252 g/mol. The minimum absolute atomic E-state index is 0.364. The number of ether oxygens (including phenoxy) is 1. The van der Waals surface area contributed by atoms with Gasteiger partial charge in [0.2, 0.25) is 0 Å². The second kappa shape index (κ2) is 4.60. The molecule has 1 spiro atoms. The second-order valence-corrected chi connectivity index (χ2v) is 5.59. The highest BCUT2D eigenvalue weighted by molar-refractivity contribution is 6.31. The Morgan fingerprint density at radius 3 is 2.76 bits per heavy atom. The van der Waals surface area contributed by atoms with Crippen molar-refractivity contribution in [2.24, 2.45) is 5.41 Å². The first-order valence-corrected chi connectivity index (χ1v) is 6.73. The molecule has 92 valence electrons. The van der Waals surface area contributed by atoms with Crippen molar-refractivity contribution >= 4 is 11.6 Å². The van der Waals surface area contributed by atoms with E-state index in [1.807, 2.05) is 12.1 Å². The molecule has 1 N–H and O–H groups in total. The minimum atomic E-state index is 0.364. The van der Waals surface area contributed by atoms with Gasteiger partial charge in [-0.05, 0) is 29.9 Å². The van der Waals surface area contributed by atoms with E-state index < -0.39 is 0 Å². The highest BCUT2D eigenvalue weighted by Crippen LogP contribution is 2.47. The fourth-order valence-electron chi connectivity index (χ4n) is 3.31. The minimum Gasteiger partial charge on any atom is -0.381 e. The first kappa shape index (κ1) is 11.5. The van der Waals surface area contributed by atoms with E-state index >= 15 is 0 Å². The van der Waals surface area contributed by atoms with Crippen molar-refractivity contribution in [3.8, 4) is 0 Å². The number of benzene rings is 1. The van der Waals surface area contributed by atoms with Crippen LogP contribution in [0.1, 0.15) is 24.3 Å². The highest BCUT2D eigenvalue weighted by atomic mass is 35.5. The van der Waals surface area contributed by atoms with Crippen LogP contribution in [0.2, 0.25) is 5.02 Å². The first-order valence-electron chi connectivity index (χ1n) is 6.35. The van der Waals surface area contributed by atoms with Crippen molar-refractivity contribution in [3.05, 3.63) is 34.9 Å². The largest absolute Gasteiger partial charge is 0.381 e. The molecule has 3 rings (SSSR count). The maximum atomic E-state index is 6.35. The van der Waals surface area contributed by atoms with E-state index in [1.165, 1.54) is 5.56 Å². The smallest absolute Gasteiger partial charge is 0.0472 e. The van der Waals surface area contributed by atoms with Crippen LogP contribution in [-0.2, 0) is 4.74 Å². The molecule has 1 aromatic carbocycles. The summed E-state index contributed by atoms with van der Waals surface area (Å²) in [6.07, 6.45) is 2.30. The quantitative estimate of drug-likeness (QED) is 0.829. The van der Waals surface area contributed by atoms with Gasteiger partial charge in [0.1, 0.15) is 0 Å². The summed E-state index contributed by atoms with van der Waals surface area (Å²) in [5.74, 6) is 0.542. The maximum Gasteiger partial charge on any atom is 0.0472 e. The summed E-state index contributed by atoms with van der Waals surface area (Å²) in [6, 6.07) is 8.27. The third kappa shape index (κ3) is 1.99. The Bertz CT molecular complexity index is 401. The van der Waals surface area contributed by atoms with Gasteiger partial charge in [0, 0.05) is 37.2 Å². The van der Waals surface area contributed by atoms with Crippen LogP contribution in [-0.4, -0.2) is 26.3 Å². The summed E-state index contributed by atoms with van der Waals surface area (Å²) in [4.78, 5) is 0. The Kier molecular flexibility index (Phi) is 3.12. The first-order chi connectivity index (χ1) is 8.32. The number of hydrogen-bond acceptors (Lipinski definition) is 2. The average Bonchev–Trinajstić information content (AvgIpc) is 2.74. The summed E-state index contributed by atoms with van der Waals surface area (Å²) in [5, 5.41) is 4.45. The summed E-state index contributed by atoms with van der Waals surface area (Å²) in [7, 11) is 0. The summed E-state index contributed by atoms with van der Waals surface area (Å²) in [5.41, 5.74) is 1.67. The lowest BCUT2D eigenvalue weighted by Gasteiger charge is -2.38. The molecule has 0 radical (unpaired) electrons. The molecule has 0 amide bonds. The maximum absolute atomic E-state index is 6.35. The van der Waals surface area contributed by atoms with E-state index in [2.05, 4.69) is 17.4 Å². The van der Waals surface area contributed by atoms with Crippen molar-refractivity contribution in [1.29, 1.82) is 0 Å². The normalized spacial score (nSPS) is 27.5. The molecular weight excluding hydrogens is 234 g/mol. The van der Waals surface area contributed by atoms with Crippen molar-refractivity contribution in [2.45, 2.75) is 18.8 Å². The van der Waals surface area contributed by atoms with E-state index in [9.17, 15) is 0 Å². The van der Waals surface area contributed by atoms with E-state index in [0.29, 0.717) is 11.3 Å². The molecule has 2 aliphatic heterocycles. The van der Waals surface area contributed by atoms with Crippen molar-refractivity contribution in [2.75, 3.05) is 26.3 Å². The fraction of sp³-hybridized carbons (Fsp3) is 0.571. The SMILES string of the molecule is Clc1ccccc1C1CNCC12CCOCC2. The Balaban J connectivity index is 1.94. The van der Waals surface area contributed by atoms with Crippen LogP contribution >= 0.6 is 11.6 Å². The standard InChI is InChI=1S/C14H18ClNO/c15-13-4-2-1-3-11(13)12-9-16-10-14(12)5-7-17-8-6-14/h1-4,12,16H,5-10H2. The summed E-state index contributed by atoms with van der Waals surface area (Å²) in [6.45, 7) is 3.93. The summed E-state index contributed by atoms with van der Waals surface area (Å²) < 4.78 is 5.51. The van der Waals surface area contributed by atoms with Crippen molar-refractivity contribution in [3.63, 3.8) is 0 Å². The van der Waals surface area contributed by atoms with Crippen LogP contribution in [0, 0.1) is 5.41 Å². The van der Waals surface area contributed by atoms with Crippen molar-refractivity contribution < 1.29 is 4.74 Å². The molecule has 1 unspecified atom stereocenters. The van der Waals surface area contributed by atoms with Gasteiger partial charge in [0.15, 0.2) is 0 Å². The van der Waals surface area contributed by atoms with Gasteiger partial charge in [-0.1, -0.05) is 29.8 Å². The van der Waals surface area contributed by atoms with Gasteiger partial charge >= 0.3 is 0 Å². The number of rotatable bonds is 1. The zero-order valence-electron chi connectivity index (χ0n) is 9.92. The van der Waals surface area contributed by atoms with Gasteiger partial charge in [-0.3, -0.25) is 0 Å². The molecule has 0 aliphatic carbocycles. The van der Waals surface area contributed by atoms with Gasteiger partial charge in [0.05, 0.1) is 0 Å². The van der Waals surface area contributed by atoms with E-state index in [1.54, 1.807) is 0 Å². The number of nitrogens with one attached hydrogen (secondary N) is 1. The van der Waals surface area contributed by atoms with Gasteiger partial charge in [0.25, 0.3) is 0 Å². The Labute approximate surface area is 107 Å². The molecule has 0 aromatic heterocycles. The van der Waals surface area contributed by atoms with Crippen molar-refractivity contribution in [1.82, 2.24) is 5.32 Å². The zero-order valence-corrected chi connectivity index (χ0v) is 10.7. The molecule has 2 nitrogen and oxygen atoms in total. The van der Waals surface area contributed by atoms with Crippen LogP contribution in [0.5, 0.6) is 0 Å². The lowest BCUT2D eigenvalue weighted by Crippen LogP contribution is -2.35. The van der Waals surface area contributed by atoms with Gasteiger partial charge in [-0.15, -0.1) is 0 Å². The fourth-order valence-corrected chi connectivity index (χ4v) is 3.57. The lowest BCUT2D eigenvalue weighted by atomic mass is 9.69. The molecule has 2 heterocycles. The number of halogens is 1. The third-order valence-corrected chi connectivity index (χ3v) is 4.68. The van der Waals surface area contributed by atoms with Gasteiger partial charge < -0.3 is 10.1 Å². The molecule has 2 aliphatic rings. The van der Waals surface area contributed by atoms with Crippen LogP contribution < -0.4 is 5.32 Å². The van der Waals surface area contributed by atoms with Crippen LogP contribution in [0.25, 0.3) is 0 Å². The zero-order chi connectivity index (χ0) is 11.7. The van der Waals surface area contributed by atoms with Gasteiger partial charge in [-0.2, -0.15) is 0 Å². The number of hydrogen-bond donors (Lipinski definition) is 1. The molecule has 0 saturated carbocycles. The van der Waals surface area contributed by atoms with Crippen LogP contribution in [0.4, 0.5) is 0 Å². The predicted octanol–water partition coefficient (Wildman–Crippen LogP) is 2.82. The Morgan fingerprint density at radius 1 is 1.24 bits per heavy atom. The highest BCUT2D eigenvalue weighted by Gasteiger charge is 2.44. The Hall–Kier alpha value is -0.570. The van der Waals surface area contributed by atoms with E-state index in [-0.39, 0.29) is 0 Å². The predicted molar refractivity (Wildman–Crippen MR) is 69.5 cm³/mol. The monoisotopic (exact) mass is 251 g/mol. The molecule has 2 fully saturated rings.